The van der Waals surface area contributed by atoms with Crippen LogP contribution in [0.5, 0.6) is 0 Å². The van der Waals surface area contributed by atoms with Crippen LogP contribution in [0, 0.1) is 13.8 Å². The highest BCUT2D eigenvalue weighted by atomic mass is 15.3. The molecule has 0 fully saturated rings. The van der Waals surface area contributed by atoms with Gasteiger partial charge in [0.25, 0.3) is 0 Å². The molecule has 13 heavy (non-hydrogen) atoms. The van der Waals surface area contributed by atoms with E-state index in [2.05, 4.69) is 20.3 Å². The molecule has 0 aliphatic carbocycles. The van der Waals surface area contributed by atoms with E-state index in [1.165, 1.54) is 0 Å². The standard InChI is InChI=1S/C8H11N5/c1-5-7(4-13(3)12-5)8-9-6(2)10-11-8/h4H,1-3H3,(H,9,10,11). The molecule has 0 spiro atoms. The summed E-state index contributed by atoms with van der Waals surface area (Å²) in [6, 6.07) is 0. The first-order valence-electron chi connectivity index (χ1n) is 4.06. The van der Waals surface area contributed by atoms with E-state index in [9.17, 15) is 0 Å². The maximum atomic E-state index is 4.24. The first-order valence-corrected chi connectivity index (χ1v) is 4.06. The van der Waals surface area contributed by atoms with Gasteiger partial charge in [-0.2, -0.15) is 10.2 Å². The molecule has 5 heteroatoms. The van der Waals surface area contributed by atoms with Crippen molar-refractivity contribution < 1.29 is 0 Å². The van der Waals surface area contributed by atoms with Gasteiger partial charge in [0.2, 0.25) is 0 Å². The van der Waals surface area contributed by atoms with Crippen LogP contribution in [0.15, 0.2) is 6.20 Å². The summed E-state index contributed by atoms with van der Waals surface area (Å²) >= 11 is 0. The Morgan fingerprint density at radius 3 is 2.62 bits per heavy atom. The lowest BCUT2D eigenvalue weighted by molar-refractivity contribution is 0.756. The quantitative estimate of drug-likeness (QED) is 0.701. The van der Waals surface area contributed by atoms with Gasteiger partial charge in [-0.05, 0) is 13.8 Å². The van der Waals surface area contributed by atoms with Crippen LogP contribution in [0.3, 0.4) is 0 Å². The second-order valence-corrected chi connectivity index (χ2v) is 3.05. The molecule has 0 saturated heterocycles. The van der Waals surface area contributed by atoms with E-state index in [0.29, 0.717) is 5.82 Å². The summed E-state index contributed by atoms with van der Waals surface area (Å²) in [6.07, 6.45) is 1.91. The Kier molecular flexibility index (Phi) is 1.65. The number of rotatable bonds is 1. The summed E-state index contributed by atoms with van der Waals surface area (Å²) in [5.41, 5.74) is 1.92. The summed E-state index contributed by atoms with van der Waals surface area (Å²) in [6.45, 7) is 3.82. The normalized spacial score (nSPS) is 10.7. The molecule has 2 aromatic rings. The first kappa shape index (κ1) is 7.97. The van der Waals surface area contributed by atoms with E-state index in [0.717, 1.165) is 17.1 Å². The van der Waals surface area contributed by atoms with Crippen molar-refractivity contribution in [3.05, 3.63) is 17.7 Å². The van der Waals surface area contributed by atoms with Gasteiger partial charge in [0, 0.05) is 13.2 Å². The largest absolute Gasteiger partial charge is 0.275 e. The Bertz CT molecular complexity index is 425. The smallest absolute Gasteiger partial charge is 0.184 e. The van der Waals surface area contributed by atoms with Crippen molar-refractivity contribution in [2.45, 2.75) is 13.8 Å². The maximum absolute atomic E-state index is 4.24. The Morgan fingerprint density at radius 2 is 2.15 bits per heavy atom. The third-order valence-electron chi connectivity index (χ3n) is 1.85. The molecule has 0 bridgehead atoms. The van der Waals surface area contributed by atoms with Crippen LogP contribution in [-0.4, -0.2) is 25.0 Å². The number of aryl methyl sites for hydroxylation is 3. The summed E-state index contributed by atoms with van der Waals surface area (Å²) < 4.78 is 1.76. The van der Waals surface area contributed by atoms with Crippen molar-refractivity contribution >= 4 is 0 Å². The molecule has 0 amide bonds. The van der Waals surface area contributed by atoms with E-state index in [1.54, 1.807) is 4.68 Å². The molecule has 1 N–H and O–H groups in total. The first-order chi connectivity index (χ1) is 6.16. The molecule has 0 unspecified atom stereocenters. The van der Waals surface area contributed by atoms with Gasteiger partial charge in [0.1, 0.15) is 5.82 Å². The molecule has 2 rings (SSSR count). The van der Waals surface area contributed by atoms with E-state index in [4.69, 9.17) is 0 Å². The molecule has 2 heterocycles. The Morgan fingerprint density at radius 1 is 1.38 bits per heavy atom. The molecule has 0 aromatic carbocycles. The lowest BCUT2D eigenvalue weighted by Gasteiger charge is -1.87. The molecule has 0 aliphatic rings. The lowest BCUT2D eigenvalue weighted by atomic mass is 10.2. The second-order valence-electron chi connectivity index (χ2n) is 3.05. The van der Waals surface area contributed by atoms with Gasteiger partial charge in [-0.15, -0.1) is 0 Å². The van der Waals surface area contributed by atoms with Crippen LogP contribution in [-0.2, 0) is 7.05 Å². The van der Waals surface area contributed by atoms with E-state index in [-0.39, 0.29) is 0 Å². The van der Waals surface area contributed by atoms with Crippen molar-refractivity contribution in [1.29, 1.82) is 0 Å². The average molecular weight is 177 g/mol. The van der Waals surface area contributed by atoms with E-state index < -0.39 is 0 Å². The van der Waals surface area contributed by atoms with Crippen molar-refractivity contribution in [2.75, 3.05) is 0 Å². The van der Waals surface area contributed by atoms with Gasteiger partial charge in [-0.25, -0.2) is 4.98 Å². The topological polar surface area (TPSA) is 59.4 Å². The maximum Gasteiger partial charge on any atom is 0.184 e. The van der Waals surface area contributed by atoms with Crippen molar-refractivity contribution in [1.82, 2.24) is 25.0 Å². The average Bonchev–Trinajstić information content (AvgIpc) is 2.58. The van der Waals surface area contributed by atoms with Gasteiger partial charge in [0.15, 0.2) is 5.82 Å². The molecule has 5 nitrogen and oxygen atoms in total. The molecule has 68 valence electrons. The highest BCUT2D eigenvalue weighted by Gasteiger charge is 2.09. The summed E-state index contributed by atoms with van der Waals surface area (Å²) in [7, 11) is 1.88. The van der Waals surface area contributed by atoms with E-state index >= 15 is 0 Å². The molecule has 0 saturated carbocycles. The fraction of sp³-hybridized carbons (Fsp3) is 0.375. The number of hydrogen-bond acceptors (Lipinski definition) is 3. The zero-order chi connectivity index (χ0) is 9.42. The molecule has 0 radical (unpaired) electrons. The number of aromatic nitrogens is 5. The van der Waals surface area contributed by atoms with Crippen LogP contribution < -0.4 is 0 Å². The highest BCUT2D eigenvalue weighted by molar-refractivity contribution is 5.56. The Labute approximate surface area is 75.8 Å². The van der Waals surface area contributed by atoms with Crippen LogP contribution in [0.1, 0.15) is 11.5 Å². The lowest BCUT2D eigenvalue weighted by Crippen LogP contribution is -1.86. The van der Waals surface area contributed by atoms with Gasteiger partial charge in [-0.1, -0.05) is 0 Å². The fourth-order valence-electron chi connectivity index (χ4n) is 1.28. The van der Waals surface area contributed by atoms with E-state index in [1.807, 2.05) is 27.1 Å². The van der Waals surface area contributed by atoms with Crippen LogP contribution in [0.4, 0.5) is 0 Å². The molecule has 2 aromatic heterocycles. The zero-order valence-corrected chi connectivity index (χ0v) is 7.87. The van der Waals surface area contributed by atoms with Crippen LogP contribution in [0.2, 0.25) is 0 Å². The second kappa shape index (κ2) is 2.69. The third-order valence-corrected chi connectivity index (χ3v) is 1.85. The summed E-state index contributed by atoms with van der Waals surface area (Å²) in [4.78, 5) is 4.24. The van der Waals surface area contributed by atoms with Crippen molar-refractivity contribution in [2.24, 2.45) is 7.05 Å². The number of H-pyrrole nitrogens is 1. The van der Waals surface area contributed by atoms with Gasteiger partial charge >= 0.3 is 0 Å². The zero-order valence-electron chi connectivity index (χ0n) is 7.87. The SMILES string of the molecule is Cc1nc(-c2cn(C)nc2C)n[nH]1. The minimum Gasteiger partial charge on any atom is -0.275 e. The Balaban J connectivity index is 2.51. The third kappa shape index (κ3) is 1.32. The number of aromatic amines is 1. The predicted octanol–water partition coefficient (Wildman–Crippen LogP) is 0.822. The summed E-state index contributed by atoms with van der Waals surface area (Å²) in [5, 5.41) is 11.1. The molecule has 0 aliphatic heterocycles. The van der Waals surface area contributed by atoms with Crippen molar-refractivity contribution in [3.8, 4) is 11.4 Å². The predicted molar refractivity (Wildman–Crippen MR) is 48.1 cm³/mol. The molecule has 0 atom stereocenters. The minimum absolute atomic E-state index is 0.711. The number of hydrogen-bond donors (Lipinski definition) is 1. The van der Waals surface area contributed by atoms with Gasteiger partial charge in [-0.3, -0.25) is 9.78 Å². The Hall–Kier alpha value is -1.65. The van der Waals surface area contributed by atoms with Gasteiger partial charge in [0.05, 0.1) is 11.3 Å². The number of nitrogens with zero attached hydrogens (tertiary/aromatic N) is 4. The van der Waals surface area contributed by atoms with Crippen LogP contribution in [0.25, 0.3) is 11.4 Å². The highest BCUT2D eigenvalue weighted by Crippen LogP contribution is 2.17. The number of nitrogens with one attached hydrogen (secondary N) is 1. The monoisotopic (exact) mass is 177 g/mol. The fourth-order valence-corrected chi connectivity index (χ4v) is 1.28. The molecular weight excluding hydrogens is 166 g/mol. The summed E-state index contributed by atoms with van der Waals surface area (Å²) in [5.74, 6) is 1.53. The van der Waals surface area contributed by atoms with Crippen LogP contribution >= 0.6 is 0 Å². The minimum atomic E-state index is 0.711. The van der Waals surface area contributed by atoms with Gasteiger partial charge < -0.3 is 0 Å². The van der Waals surface area contributed by atoms with Crippen molar-refractivity contribution in [3.63, 3.8) is 0 Å². The molecular formula is C8H11N5.